The predicted molar refractivity (Wildman–Crippen MR) is 42.5 cm³/mol. The maximum atomic E-state index is 10.8. The van der Waals surface area contributed by atoms with Crippen molar-refractivity contribution in [3.8, 4) is 0 Å². The maximum absolute atomic E-state index is 10.8. The SMILES string of the molecule is CCCCCC1OC=NC1=O. The molecular formula is C8H13NO2. The molecule has 1 rings (SSSR count). The second kappa shape index (κ2) is 4.11. The number of amides is 1. The number of unbranched alkanes of at least 4 members (excludes halogenated alkanes) is 2. The van der Waals surface area contributed by atoms with E-state index in [9.17, 15) is 4.79 Å². The third-order valence-corrected chi connectivity index (χ3v) is 1.75. The van der Waals surface area contributed by atoms with E-state index in [1.165, 1.54) is 12.8 Å². The summed E-state index contributed by atoms with van der Waals surface area (Å²) in [6, 6.07) is 0. The Labute approximate surface area is 66.5 Å². The molecule has 0 spiro atoms. The molecule has 0 saturated carbocycles. The van der Waals surface area contributed by atoms with Crippen LogP contribution < -0.4 is 0 Å². The first-order valence-electron chi connectivity index (χ1n) is 4.06. The Balaban J connectivity index is 2.13. The molecule has 1 amide bonds. The Bertz CT molecular complexity index is 165. The minimum absolute atomic E-state index is 0.124. The smallest absolute Gasteiger partial charge is 0.289 e. The van der Waals surface area contributed by atoms with Gasteiger partial charge in [-0.05, 0) is 12.8 Å². The molecule has 1 atom stereocenters. The van der Waals surface area contributed by atoms with Crippen molar-refractivity contribution in [2.24, 2.45) is 4.99 Å². The second-order valence-electron chi connectivity index (χ2n) is 2.69. The highest BCUT2D eigenvalue weighted by atomic mass is 16.5. The van der Waals surface area contributed by atoms with Gasteiger partial charge in [-0.25, -0.2) is 0 Å². The molecule has 0 fully saturated rings. The van der Waals surface area contributed by atoms with Crippen molar-refractivity contribution in [2.75, 3.05) is 0 Å². The zero-order valence-corrected chi connectivity index (χ0v) is 6.75. The fraction of sp³-hybridized carbons (Fsp3) is 0.750. The molecule has 62 valence electrons. The van der Waals surface area contributed by atoms with Gasteiger partial charge in [0.05, 0.1) is 0 Å². The van der Waals surface area contributed by atoms with Crippen LogP contribution in [0.15, 0.2) is 4.99 Å². The lowest BCUT2D eigenvalue weighted by Gasteiger charge is -2.04. The molecule has 0 bridgehead atoms. The summed E-state index contributed by atoms with van der Waals surface area (Å²) in [4.78, 5) is 14.4. The molecule has 0 N–H and O–H groups in total. The third kappa shape index (κ3) is 2.33. The van der Waals surface area contributed by atoms with Gasteiger partial charge in [0.2, 0.25) is 0 Å². The van der Waals surface area contributed by atoms with Crippen LogP contribution in [0.4, 0.5) is 0 Å². The Morgan fingerprint density at radius 1 is 1.64 bits per heavy atom. The van der Waals surface area contributed by atoms with Gasteiger partial charge in [0.25, 0.3) is 5.91 Å². The molecule has 11 heavy (non-hydrogen) atoms. The highest BCUT2D eigenvalue weighted by Crippen LogP contribution is 2.10. The summed E-state index contributed by atoms with van der Waals surface area (Å²) in [5.74, 6) is -0.124. The fourth-order valence-corrected chi connectivity index (χ4v) is 1.07. The topological polar surface area (TPSA) is 38.7 Å². The summed E-state index contributed by atoms with van der Waals surface area (Å²) >= 11 is 0. The van der Waals surface area contributed by atoms with Gasteiger partial charge < -0.3 is 4.74 Å². The quantitative estimate of drug-likeness (QED) is 0.577. The first-order valence-corrected chi connectivity index (χ1v) is 4.06. The average Bonchev–Trinajstić information content (AvgIpc) is 2.37. The zero-order chi connectivity index (χ0) is 8.10. The van der Waals surface area contributed by atoms with Crippen molar-refractivity contribution in [3.63, 3.8) is 0 Å². The van der Waals surface area contributed by atoms with Gasteiger partial charge in [0.15, 0.2) is 12.5 Å². The van der Waals surface area contributed by atoms with Crippen LogP contribution in [0.1, 0.15) is 32.6 Å². The van der Waals surface area contributed by atoms with Crippen LogP contribution in [-0.2, 0) is 9.53 Å². The summed E-state index contributed by atoms with van der Waals surface area (Å²) in [6.07, 6.45) is 5.16. The summed E-state index contributed by atoms with van der Waals surface area (Å²) < 4.78 is 4.97. The molecule has 1 unspecified atom stereocenters. The summed E-state index contributed by atoms with van der Waals surface area (Å²) in [5, 5.41) is 0. The summed E-state index contributed by atoms with van der Waals surface area (Å²) in [6.45, 7) is 2.13. The number of rotatable bonds is 4. The van der Waals surface area contributed by atoms with Crippen LogP contribution in [0, 0.1) is 0 Å². The van der Waals surface area contributed by atoms with Gasteiger partial charge in [-0.15, -0.1) is 0 Å². The van der Waals surface area contributed by atoms with Crippen LogP contribution in [0.5, 0.6) is 0 Å². The van der Waals surface area contributed by atoms with Crippen LogP contribution in [-0.4, -0.2) is 18.4 Å². The molecule has 3 nitrogen and oxygen atoms in total. The normalized spacial score (nSPS) is 22.3. The largest absolute Gasteiger partial charge is 0.470 e. The number of hydrogen-bond donors (Lipinski definition) is 0. The van der Waals surface area contributed by atoms with Gasteiger partial charge in [0.1, 0.15) is 0 Å². The highest BCUT2D eigenvalue weighted by molar-refractivity contribution is 5.91. The molecule has 0 aromatic carbocycles. The van der Waals surface area contributed by atoms with Crippen molar-refractivity contribution in [3.05, 3.63) is 0 Å². The van der Waals surface area contributed by atoms with E-state index in [0.717, 1.165) is 19.3 Å². The van der Waals surface area contributed by atoms with E-state index in [-0.39, 0.29) is 12.0 Å². The molecular weight excluding hydrogens is 142 g/mol. The highest BCUT2D eigenvalue weighted by Gasteiger charge is 2.21. The van der Waals surface area contributed by atoms with E-state index >= 15 is 0 Å². The lowest BCUT2D eigenvalue weighted by atomic mass is 10.1. The molecule has 1 aliphatic heterocycles. The van der Waals surface area contributed by atoms with Gasteiger partial charge in [-0.3, -0.25) is 4.79 Å². The molecule has 1 aliphatic rings. The Morgan fingerprint density at radius 3 is 3.00 bits per heavy atom. The van der Waals surface area contributed by atoms with Crippen LogP contribution in [0.2, 0.25) is 0 Å². The Kier molecular flexibility index (Phi) is 3.08. The zero-order valence-electron chi connectivity index (χ0n) is 6.75. The Hall–Kier alpha value is -0.860. The number of nitrogens with zero attached hydrogens (tertiary/aromatic N) is 1. The lowest BCUT2D eigenvalue weighted by Crippen LogP contribution is -2.15. The van der Waals surface area contributed by atoms with Gasteiger partial charge in [0, 0.05) is 0 Å². The number of carbonyl (C=O) groups excluding carboxylic acids is 1. The van der Waals surface area contributed by atoms with Gasteiger partial charge in [-0.1, -0.05) is 19.8 Å². The van der Waals surface area contributed by atoms with Crippen LogP contribution in [0.25, 0.3) is 0 Å². The molecule has 3 heteroatoms. The molecule has 0 aliphatic carbocycles. The monoisotopic (exact) mass is 155 g/mol. The lowest BCUT2D eigenvalue weighted by molar-refractivity contribution is -0.122. The summed E-state index contributed by atoms with van der Waals surface area (Å²) in [5.41, 5.74) is 0. The first-order chi connectivity index (χ1) is 5.34. The Morgan fingerprint density at radius 2 is 2.45 bits per heavy atom. The maximum Gasteiger partial charge on any atom is 0.289 e. The minimum Gasteiger partial charge on any atom is -0.470 e. The fourth-order valence-electron chi connectivity index (χ4n) is 1.07. The van der Waals surface area contributed by atoms with E-state index in [2.05, 4.69) is 11.9 Å². The number of carbonyl (C=O) groups is 1. The van der Waals surface area contributed by atoms with Gasteiger partial charge in [-0.2, -0.15) is 4.99 Å². The number of hydrogen-bond acceptors (Lipinski definition) is 2. The van der Waals surface area contributed by atoms with E-state index in [0.29, 0.717) is 0 Å². The predicted octanol–water partition coefficient (Wildman–Crippen LogP) is 1.52. The van der Waals surface area contributed by atoms with Crippen molar-refractivity contribution < 1.29 is 9.53 Å². The average molecular weight is 155 g/mol. The minimum atomic E-state index is -0.276. The van der Waals surface area contributed by atoms with Crippen LogP contribution in [0.3, 0.4) is 0 Å². The van der Waals surface area contributed by atoms with Crippen molar-refractivity contribution in [2.45, 2.75) is 38.7 Å². The van der Waals surface area contributed by atoms with E-state index < -0.39 is 0 Å². The third-order valence-electron chi connectivity index (χ3n) is 1.75. The van der Waals surface area contributed by atoms with E-state index in [1.54, 1.807) is 0 Å². The number of ether oxygens (including phenoxy) is 1. The molecule has 0 aromatic rings. The van der Waals surface area contributed by atoms with E-state index in [1.807, 2.05) is 0 Å². The first kappa shape index (κ1) is 8.24. The van der Waals surface area contributed by atoms with Crippen LogP contribution >= 0.6 is 0 Å². The number of aliphatic imine (C=N–C) groups is 1. The molecule has 1 heterocycles. The van der Waals surface area contributed by atoms with Gasteiger partial charge >= 0.3 is 0 Å². The van der Waals surface area contributed by atoms with Crippen molar-refractivity contribution in [1.82, 2.24) is 0 Å². The molecule has 0 saturated heterocycles. The van der Waals surface area contributed by atoms with E-state index in [4.69, 9.17) is 4.74 Å². The second-order valence-corrected chi connectivity index (χ2v) is 2.69. The summed E-state index contributed by atoms with van der Waals surface area (Å²) in [7, 11) is 0. The molecule has 0 aromatic heterocycles. The molecule has 0 radical (unpaired) electrons. The van der Waals surface area contributed by atoms with Crippen molar-refractivity contribution in [1.29, 1.82) is 0 Å². The van der Waals surface area contributed by atoms with Crippen molar-refractivity contribution >= 4 is 12.3 Å². The standard InChI is InChI=1S/C8H13NO2/c1-2-3-4-5-7-8(10)9-6-11-7/h6-7H,2-5H2,1H3.